The van der Waals surface area contributed by atoms with Gasteiger partial charge in [-0.05, 0) is 55.9 Å². The van der Waals surface area contributed by atoms with Crippen LogP contribution in [-0.2, 0) is 17.5 Å². The summed E-state index contributed by atoms with van der Waals surface area (Å²) in [5.41, 5.74) is -0.410. The number of benzene rings is 2. The minimum atomic E-state index is -4.73. The smallest absolute Gasteiger partial charge is 0.312 e. The number of nitrogens with zero attached hydrogens (tertiary/aromatic N) is 3. The number of carbonyl (C=O) groups is 2. The van der Waals surface area contributed by atoms with Crippen LogP contribution in [0, 0.1) is 5.92 Å². The molecular weight excluding hydrogens is 594 g/mol. The number of urea groups is 1. The molecule has 1 saturated heterocycles. The summed E-state index contributed by atoms with van der Waals surface area (Å²) < 4.78 is 85.2. The predicted molar refractivity (Wildman–Crippen MR) is 147 cm³/mol. The Bertz CT molecular complexity index is 1450. The van der Waals surface area contributed by atoms with Crippen molar-refractivity contribution in [3.63, 3.8) is 0 Å². The molecular formula is C29H31F6N6O3+. The highest BCUT2D eigenvalue weighted by Crippen LogP contribution is 2.38. The van der Waals surface area contributed by atoms with Gasteiger partial charge in [-0.25, -0.2) is 4.79 Å². The van der Waals surface area contributed by atoms with Gasteiger partial charge < -0.3 is 15.5 Å². The van der Waals surface area contributed by atoms with E-state index in [2.05, 4.69) is 21.2 Å². The van der Waals surface area contributed by atoms with Gasteiger partial charge >= 0.3 is 24.3 Å². The molecule has 0 radical (unpaired) electrons. The SMILES string of the molecule is O=C(Nc1cc(N2CC[C@H](c3ccccc3)C2=O)cc(C(F)(F)F)c1)Nc1c[n+](CC2CCC(NCC(F)(F)F)CC2)no1. The van der Waals surface area contributed by atoms with E-state index in [0.717, 1.165) is 17.7 Å². The number of hydrogen-bond acceptors (Lipinski definition) is 5. The molecule has 9 nitrogen and oxygen atoms in total. The maximum Gasteiger partial charge on any atom is 0.416 e. The second-order valence-electron chi connectivity index (χ2n) is 11.1. The first-order valence-corrected chi connectivity index (χ1v) is 14.2. The van der Waals surface area contributed by atoms with Crippen molar-refractivity contribution in [2.75, 3.05) is 28.6 Å². The second-order valence-corrected chi connectivity index (χ2v) is 11.1. The molecule has 236 valence electrons. The van der Waals surface area contributed by atoms with Gasteiger partial charge in [-0.1, -0.05) is 35.0 Å². The Balaban J connectivity index is 1.19. The summed E-state index contributed by atoms with van der Waals surface area (Å²) in [5, 5.41) is 11.1. The third-order valence-corrected chi connectivity index (χ3v) is 7.85. The fourth-order valence-electron chi connectivity index (χ4n) is 5.70. The average molecular weight is 626 g/mol. The lowest BCUT2D eigenvalue weighted by molar-refractivity contribution is -0.767. The van der Waals surface area contributed by atoms with Crippen LogP contribution in [0.3, 0.4) is 0 Å². The number of anilines is 3. The molecule has 2 aromatic carbocycles. The lowest BCUT2D eigenvalue weighted by Gasteiger charge is -2.27. The summed E-state index contributed by atoms with van der Waals surface area (Å²) in [5.74, 6) is -0.724. The minimum Gasteiger partial charge on any atom is -0.312 e. The van der Waals surface area contributed by atoms with Gasteiger partial charge in [-0.2, -0.15) is 26.3 Å². The largest absolute Gasteiger partial charge is 0.416 e. The van der Waals surface area contributed by atoms with E-state index >= 15 is 0 Å². The molecule has 44 heavy (non-hydrogen) atoms. The van der Waals surface area contributed by atoms with Crippen molar-refractivity contribution in [1.29, 1.82) is 0 Å². The third-order valence-electron chi connectivity index (χ3n) is 7.85. The topological polar surface area (TPSA) is 103 Å². The number of alkyl halides is 6. The van der Waals surface area contributed by atoms with E-state index in [1.54, 1.807) is 24.3 Å². The van der Waals surface area contributed by atoms with Gasteiger partial charge in [-0.15, -0.1) is 0 Å². The number of rotatable bonds is 8. The number of aromatic nitrogens is 2. The maximum absolute atomic E-state index is 13.8. The van der Waals surface area contributed by atoms with E-state index in [0.29, 0.717) is 38.6 Å². The Labute approximate surface area is 248 Å². The summed E-state index contributed by atoms with van der Waals surface area (Å²) in [6.45, 7) is -0.386. The number of carbonyl (C=O) groups excluding carboxylic acids is 2. The van der Waals surface area contributed by atoms with Crippen LogP contribution in [-0.4, -0.2) is 42.5 Å². The normalized spacial score (nSPS) is 21.0. The Hall–Kier alpha value is -4.14. The molecule has 0 unspecified atom stereocenters. The van der Waals surface area contributed by atoms with Gasteiger partial charge in [0.2, 0.25) is 11.2 Å². The van der Waals surface area contributed by atoms with Gasteiger partial charge in [0.25, 0.3) is 6.20 Å². The summed E-state index contributed by atoms with van der Waals surface area (Å²) in [6, 6.07) is 10.9. The zero-order valence-electron chi connectivity index (χ0n) is 23.4. The number of amides is 3. The van der Waals surface area contributed by atoms with Crippen LogP contribution in [0.4, 0.5) is 48.4 Å². The van der Waals surface area contributed by atoms with Gasteiger partial charge in [0, 0.05) is 29.9 Å². The van der Waals surface area contributed by atoms with Crippen molar-refractivity contribution in [3.8, 4) is 0 Å². The Morgan fingerprint density at radius 1 is 0.977 bits per heavy atom. The van der Waals surface area contributed by atoms with Crippen molar-refractivity contribution >= 4 is 29.2 Å². The van der Waals surface area contributed by atoms with Crippen LogP contribution in [0.2, 0.25) is 0 Å². The van der Waals surface area contributed by atoms with Crippen LogP contribution in [0.25, 0.3) is 0 Å². The molecule has 5 rings (SSSR count). The monoisotopic (exact) mass is 625 g/mol. The summed E-state index contributed by atoms with van der Waals surface area (Å²) in [6.07, 6.45) is -4.60. The molecule has 2 aliphatic rings. The molecule has 1 aliphatic carbocycles. The molecule has 1 atom stereocenters. The molecule has 0 bridgehead atoms. The van der Waals surface area contributed by atoms with E-state index in [9.17, 15) is 35.9 Å². The van der Waals surface area contributed by atoms with E-state index in [1.165, 1.54) is 21.8 Å². The van der Waals surface area contributed by atoms with Gasteiger partial charge in [-0.3, -0.25) is 14.6 Å². The van der Waals surface area contributed by atoms with Gasteiger partial charge in [0.05, 0.1) is 18.0 Å². The summed E-state index contributed by atoms with van der Waals surface area (Å²) in [7, 11) is 0. The number of nitrogens with one attached hydrogen (secondary N) is 3. The highest BCUT2D eigenvalue weighted by atomic mass is 19.4. The molecule has 0 spiro atoms. The number of halogens is 6. The Morgan fingerprint density at radius 2 is 1.70 bits per heavy atom. The summed E-state index contributed by atoms with van der Waals surface area (Å²) in [4.78, 5) is 27.1. The van der Waals surface area contributed by atoms with Crippen LogP contribution in [0.5, 0.6) is 0 Å². The van der Waals surface area contributed by atoms with E-state index < -0.39 is 36.4 Å². The highest BCUT2D eigenvalue weighted by Gasteiger charge is 2.37. The van der Waals surface area contributed by atoms with Gasteiger partial charge in [0.1, 0.15) is 0 Å². The lowest BCUT2D eigenvalue weighted by Crippen LogP contribution is -2.43. The van der Waals surface area contributed by atoms with Crippen molar-refractivity contribution in [3.05, 3.63) is 65.9 Å². The first-order chi connectivity index (χ1) is 20.8. The van der Waals surface area contributed by atoms with Crippen LogP contribution in [0.1, 0.15) is 49.1 Å². The van der Waals surface area contributed by atoms with Crippen LogP contribution in [0.15, 0.2) is 59.3 Å². The standard InChI is InChI=1S/C29H30F6N6O3/c30-28(31,32)17-36-21-8-6-18(7-9-21)15-40-16-25(44-39-40)38-27(43)37-22-12-20(29(33,34)35)13-23(14-22)41-11-10-24(26(41)42)19-4-2-1-3-5-19/h1-5,12-14,16,18,21,24,36H,6-11,15,17H2,(H-,37,38,39,43)/p+1/t18?,21?,24-/m1/s1. The van der Waals surface area contributed by atoms with Crippen molar-refractivity contribution in [1.82, 2.24) is 10.6 Å². The van der Waals surface area contributed by atoms with Crippen molar-refractivity contribution in [2.45, 2.75) is 63.0 Å². The fraction of sp³-hybridized carbons (Fsp3) is 0.448. The van der Waals surface area contributed by atoms with E-state index in [-0.39, 0.29) is 41.7 Å². The zero-order valence-corrected chi connectivity index (χ0v) is 23.4. The zero-order chi connectivity index (χ0) is 31.5. The molecule has 2 fully saturated rings. The summed E-state index contributed by atoms with van der Waals surface area (Å²) >= 11 is 0. The molecule has 1 aliphatic heterocycles. The first kappa shape index (κ1) is 31.3. The van der Waals surface area contributed by atoms with Crippen molar-refractivity contribution < 1.29 is 45.1 Å². The van der Waals surface area contributed by atoms with Crippen LogP contribution >= 0.6 is 0 Å². The molecule has 2 heterocycles. The van der Waals surface area contributed by atoms with E-state index in [4.69, 9.17) is 4.52 Å². The highest BCUT2D eigenvalue weighted by molar-refractivity contribution is 6.02. The van der Waals surface area contributed by atoms with Gasteiger partial charge in [0.15, 0.2) is 6.54 Å². The Morgan fingerprint density at radius 3 is 2.39 bits per heavy atom. The minimum absolute atomic E-state index is 0.0133. The van der Waals surface area contributed by atoms with E-state index in [1.807, 2.05) is 6.07 Å². The lowest BCUT2D eigenvalue weighted by atomic mass is 9.86. The molecule has 3 aromatic rings. The number of hydrogen-bond donors (Lipinski definition) is 3. The quantitative estimate of drug-likeness (QED) is 0.215. The molecule has 15 heteroatoms. The molecule has 3 N–H and O–H groups in total. The first-order valence-electron chi connectivity index (χ1n) is 14.2. The molecule has 1 saturated carbocycles. The maximum atomic E-state index is 13.8. The van der Waals surface area contributed by atoms with Crippen molar-refractivity contribution in [2.24, 2.45) is 5.92 Å². The third kappa shape index (κ3) is 8.07. The second kappa shape index (κ2) is 12.8. The fourth-order valence-corrected chi connectivity index (χ4v) is 5.70. The molecule has 1 aromatic heterocycles. The van der Waals surface area contributed by atoms with Crippen LogP contribution < -0.4 is 25.5 Å². The average Bonchev–Trinajstić information content (AvgIpc) is 3.57. The Kier molecular flexibility index (Phi) is 9.13. The molecule has 3 amide bonds. The predicted octanol–water partition coefficient (Wildman–Crippen LogP) is 5.86.